The predicted molar refractivity (Wildman–Crippen MR) is 85.2 cm³/mol. The number of hydrogen-bond donors (Lipinski definition) is 0. The van der Waals surface area contributed by atoms with Gasteiger partial charge in [-0.1, -0.05) is 6.07 Å². The van der Waals surface area contributed by atoms with E-state index in [1.807, 2.05) is 35.7 Å². The van der Waals surface area contributed by atoms with Crippen LogP contribution in [-0.4, -0.2) is 45.9 Å². The van der Waals surface area contributed by atoms with Gasteiger partial charge in [0, 0.05) is 19.3 Å². The van der Waals surface area contributed by atoms with Gasteiger partial charge in [-0.3, -0.25) is 9.59 Å². The number of imidazole rings is 1. The minimum Gasteiger partial charge on any atom is -0.466 e. The van der Waals surface area contributed by atoms with Crippen molar-refractivity contribution in [3.8, 4) is 0 Å². The standard InChI is InChI=1S/C17H21N3O3/c1-3-23-17(22)13-7-6-9-19(11-13)16(21)15-12(2)20-10-5-4-8-14(20)18-15/h4-5,8,10,13H,3,6-7,9,11H2,1-2H3. The highest BCUT2D eigenvalue weighted by Crippen LogP contribution is 2.21. The van der Waals surface area contributed by atoms with Crippen LogP contribution in [-0.2, 0) is 9.53 Å². The monoisotopic (exact) mass is 315 g/mol. The molecule has 6 heteroatoms. The summed E-state index contributed by atoms with van der Waals surface area (Å²) in [5, 5.41) is 0. The fraction of sp³-hybridized carbons (Fsp3) is 0.471. The Labute approximate surface area is 135 Å². The fourth-order valence-corrected chi connectivity index (χ4v) is 3.08. The third-order valence-corrected chi connectivity index (χ3v) is 4.30. The van der Waals surface area contributed by atoms with Crippen molar-refractivity contribution in [2.24, 2.45) is 5.92 Å². The summed E-state index contributed by atoms with van der Waals surface area (Å²) in [5.41, 5.74) is 2.04. The van der Waals surface area contributed by atoms with E-state index in [9.17, 15) is 9.59 Å². The Kier molecular flexibility index (Phi) is 4.32. The van der Waals surface area contributed by atoms with Gasteiger partial charge in [0.25, 0.3) is 5.91 Å². The van der Waals surface area contributed by atoms with E-state index in [1.165, 1.54) is 0 Å². The number of hydrogen-bond acceptors (Lipinski definition) is 4. The Morgan fingerprint density at radius 2 is 2.22 bits per heavy atom. The lowest BCUT2D eigenvalue weighted by molar-refractivity contribution is -0.149. The summed E-state index contributed by atoms with van der Waals surface area (Å²) in [4.78, 5) is 30.9. The normalized spacial score (nSPS) is 18.2. The Morgan fingerprint density at radius 1 is 1.39 bits per heavy atom. The highest BCUT2D eigenvalue weighted by atomic mass is 16.5. The summed E-state index contributed by atoms with van der Waals surface area (Å²) < 4.78 is 6.99. The summed E-state index contributed by atoms with van der Waals surface area (Å²) in [6, 6.07) is 5.68. The van der Waals surface area contributed by atoms with E-state index in [2.05, 4.69) is 4.98 Å². The molecule has 23 heavy (non-hydrogen) atoms. The number of amides is 1. The zero-order valence-electron chi connectivity index (χ0n) is 13.5. The lowest BCUT2D eigenvalue weighted by Crippen LogP contribution is -2.43. The van der Waals surface area contributed by atoms with Gasteiger partial charge in [0.05, 0.1) is 18.2 Å². The largest absolute Gasteiger partial charge is 0.466 e. The number of aromatic nitrogens is 2. The number of rotatable bonds is 3. The second-order valence-corrected chi connectivity index (χ2v) is 5.82. The molecular weight excluding hydrogens is 294 g/mol. The molecule has 1 fully saturated rings. The van der Waals surface area contributed by atoms with Crippen LogP contribution in [0.3, 0.4) is 0 Å². The van der Waals surface area contributed by atoms with Crippen LogP contribution in [0.1, 0.15) is 35.9 Å². The van der Waals surface area contributed by atoms with Crippen molar-refractivity contribution in [2.75, 3.05) is 19.7 Å². The van der Waals surface area contributed by atoms with Crippen molar-refractivity contribution >= 4 is 17.5 Å². The van der Waals surface area contributed by atoms with Gasteiger partial charge in [-0.25, -0.2) is 4.98 Å². The van der Waals surface area contributed by atoms with Crippen molar-refractivity contribution < 1.29 is 14.3 Å². The van der Waals surface area contributed by atoms with E-state index in [4.69, 9.17) is 4.74 Å². The van der Waals surface area contributed by atoms with Gasteiger partial charge in [0.2, 0.25) is 0 Å². The van der Waals surface area contributed by atoms with Crippen LogP contribution in [0.5, 0.6) is 0 Å². The highest BCUT2D eigenvalue weighted by Gasteiger charge is 2.31. The van der Waals surface area contributed by atoms with Gasteiger partial charge >= 0.3 is 5.97 Å². The van der Waals surface area contributed by atoms with Crippen LogP contribution in [0, 0.1) is 12.8 Å². The van der Waals surface area contributed by atoms with Gasteiger partial charge in [-0.2, -0.15) is 0 Å². The average molecular weight is 315 g/mol. The van der Waals surface area contributed by atoms with Crippen LogP contribution in [0.25, 0.3) is 5.65 Å². The third kappa shape index (κ3) is 2.93. The molecule has 3 rings (SSSR count). The average Bonchev–Trinajstić information content (AvgIpc) is 2.92. The van der Waals surface area contributed by atoms with Crippen molar-refractivity contribution in [3.05, 3.63) is 35.8 Å². The van der Waals surface area contributed by atoms with E-state index in [1.54, 1.807) is 11.8 Å². The fourth-order valence-electron chi connectivity index (χ4n) is 3.08. The SMILES string of the molecule is CCOC(=O)C1CCCN(C(=O)c2nc3ccccn3c2C)C1. The molecule has 0 bridgehead atoms. The van der Waals surface area contributed by atoms with Gasteiger partial charge in [0.1, 0.15) is 11.3 Å². The van der Waals surface area contributed by atoms with Crippen molar-refractivity contribution in [3.63, 3.8) is 0 Å². The first-order chi connectivity index (χ1) is 11.1. The highest BCUT2D eigenvalue weighted by molar-refractivity contribution is 5.94. The Balaban J connectivity index is 1.81. The molecule has 3 heterocycles. The summed E-state index contributed by atoms with van der Waals surface area (Å²) in [6.45, 7) is 5.12. The Bertz CT molecular complexity index is 738. The molecule has 0 aromatic carbocycles. The first kappa shape index (κ1) is 15.5. The molecule has 0 saturated carbocycles. The molecule has 0 spiro atoms. The quantitative estimate of drug-likeness (QED) is 0.813. The molecule has 122 valence electrons. The molecule has 1 amide bonds. The van der Waals surface area contributed by atoms with Crippen LogP contribution >= 0.6 is 0 Å². The topological polar surface area (TPSA) is 63.9 Å². The van der Waals surface area contributed by atoms with Gasteiger partial charge in [0.15, 0.2) is 0 Å². The maximum atomic E-state index is 12.8. The predicted octanol–water partition coefficient (Wildman–Crippen LogP) is 2.06. The summed E-state index contributed by atoms with van der Waals surface area (Å²) in [5.74, 6) is -0.554. The molecule has 2 aromatic heterocycles. The molecule has 0 N–H and O–H groups in total. The number of ether oxygens (including phenoxy) is 1. The number of carbonyl (C=O) groups is 2. The third-order valence-electron chi connectivity index (χ3n) is 4.30. The molecule has 1 aliphatic heterocycles. The first-order valence-corrected chi connectivity index (χ1v) is 8.01. The first-order valence-electron chi connectivity index (χ1n) is 8.01. The van der Waals surface area contributed by atoms with Crippen LogP contribution < -0.4 is 0 Å². The molecule has 1 unspecified atom stereocenters. The number of carbonyl (C=O) groups excluding carboxylic acids is 2. The Hall–Kier alpha value is -2.37. The molecule has 1 aliphatic rings. The lowest BCUT2D eigenvalue weighted by atomic mass is 9.98. The van der Waals surface area contributed by atoms with Crippen molar-refractivity contribution in [2.45, 2.75) is 26.7 Å². The van der Waals surface area contributed by atoms with Crippen LogP contribution in [0.15, 0.2) is 24.4 Å². The molecule has 0 radical (unpaired) electrons. The second kappa shape index (κ2) is 6.40. The number of aryl methyl sites for hydroxylation is 1. The summed E-state index contributed by atoms with van der Waals surface area (Å²) in [7, 11) is 0. The van der Waals surface area contributed by atoms with Crippen molar-refractivity contribution in [1.29, 1.82) is 0 Å². The van der Waals surface area contributed by atoms with E-state index >= 15 is 0 Å². The van der Waals surface area contributed by atoms with E-state index < -0.39 is 0 Å². The maximum Gasteiger partial charge on any atom is 0.310 e. The van der Waals surface area contributed by atoms with E-state index in [0.29, 0.717) is 25.4 Å². The summed E-state index contributed by atoms with van der Waals surface area (Å²) >= 11 is 0. The van der Waals surface area contributed by atoms with Gasteiger partial charge < -0.3 is 14.0 Å². The molecule has 2 aromatic rings. The zero-order chi connectivity index (χ0) is 16.4. The smallest absolute Gasteiger partial charge is 0.310 e. The minimum absolute atomic E-state index is 0.111. The summed E-state index contributed by atoms with van der Waals surface area (Å²) in [6.07, 6.45) is 3.47. The molecule has 0 aliphatic carbocycles. The number of fused-ring (bicyclic) bond motifs is 1. The number of likely N-dealkylation sites (tertiary alicyclic amines) is 1. The molecule has 1 atom stereocenters. The van der Waals surface area contributed by atoms with E-state index in [-0.39, 0.29) is 17.8 Å². The van der Waals surface area contributed by atoms with E-state index in [0.717, 1.165) is 24.2 Å². The number of esters is 1. The molecular formula is C17H21N3O3. The Morgan fingerprint density at radius 3 is 2.96 bits per heavy atom. The zero-order valence-corrected chi connectivity index (χ0v) is 13.5. The molecule has 6 nitrogen and oxygen atoms in total. The minimum atomic E-state index is -0.231. The van der Waals surface area contributed by atoms with Crippen molar-refractivity contribution in [1.82, 2.24) is 14.3 Å². The lowest BCUT2D eigenvalue weighted by Gasteiger charge is -2.31. The number of nitrogens with zero attached hydrogens (tertiary/aromatic N) is 3. The number of piperidine rings is 1. The van der Waals surface area contributed by atoms with Crippen LogP contribution in [0.4, 0.5) is 0 Å². The second-order valence-electron chi connectivity index (χ2n) is 5.82. The van der Waals surface area contributed by atoms with Gasteiger partial charge in [-0.15, -0.1) is 0 Å². The number of pyridine rings is 1. The molecule has 1 saturated heterocycles. The maximum absolute atomic E-state index is 12.8. The van der Waals surface area contributed by atoms with Gasteiger partial charge in [-0.05, 0) is 38.8 Å². The van der Waals surface area contributed by atoms with Crippen LogP contribution in [0.2, 0.25) is 0 Å².